The summed E-state index contributed by atoms with van der Waals surface area (Å²) in [7, 11) is 1.73. The molecule has 1 aromatic heterocycles. The Morgan fingerprint density at radius 3 is 0.952 bits per heavy atom. The van der Waals surface area contributed by atoms with Crippen molar-refractivity contribution in [3.8, 4) is 5.19 Å². The number of ether oxygens (including phenoxy) is 1. The topological polar surface area (TPSA) is 13.1 Å². The van der Waals surface area contributed by atoms with Gasteiger partial charge in [0.2, 0.25) is 5.52 Å². The summed E-state index contributed by atoms with van der Waals surface area (Å²) in [6.07, 6.45) is -7.22. The molecule has 2 nitrogen and oxygen atoms in total. The lowest BCUT2D eigenvalue weighted by Crippen LogP contribution is -2.81. The second-order valence-corrected chi connectivity index (χ2v) is 13.9. The average molecular weight is 935 g/mol. The van der Waals surface area contributed by atoms with Crippen molar-refractivity contribution in [1.82, 2.24) is 0 Å². The fourth-order valence-electron chi connectivity index (χ4n) is 6.96. The Labute approximate surface area is 341 Å². The minimum absolute atomic E-state index is 0.841. The first-order chi connectivity index (χ1) is 29.6. The van der Waals surface area contributed by atoms with E-state index in [4.69, 9.17) is 4.74 Å². The van der Waals surface area contributed by atoms with Gasteiger partial charge >= 0.3 is 5.19 Å². The number of halogens is 20. The van der Waals surface area contributed by atoms with Gasteiger partial charge in [0.25, 0.3) is 0 Å². The number of thiazole rings is 1. The Balaban J connectivity index is 0.000000302. The molecule has 0 saturated carbocycles. The molecule has 0 atom stereocenters. The highest BCUT2D eigenvalue weighted by atomic mass is 32.1. The number of hydrogen-bond donors (Lipinski definition) is 0. The maximum Gasteiger partial charge on any atom is 0.431 e. The number of aromatic nitrogens is 1. The predicted octanol–water partition coefficient (Wildman–Crippen LogP) is 9.09. The zero-order valence-electron chi connectivity index (χ0n) is 30.3. The average Bonchev–Trinajstić information content (AvgIpc) is 3.63. The van der Waals surface area contributed by atoms with Crippen molar-refractivity contribution in [2.75, 3.05) is 7.11 Å². The lowest BCUT2D eigenvalue weighted by atomic mass is 9.12. The maximum atomic E-state index is 15.4. The Morgan fingerprint density at radius 2 is 0.651 bits per heavy atom. The van der Waals surface area contributed by atoms with Crippen LogP contribution in [0.5, 0.6) is 5.19 Å². The van der Waals surface area contributed by atoms with Gasteiger partial charge in [0, 0.05) is 11.6 Å². The van der Waals surface area contributed by atoms with Crippen LogP contribution in [0.3, 0.4) is 0 Å². The normalized spacial score (nSPS) is 11.6. The van der Waals surface area contributed by atoms with Crippen molar-refractivity contribution in [1.29, 1.82) is 0 Å². The second-order valence-electron chi connectivity index (χ2n) is 12.9. The van der Waals surface area contributed by atoms with Crippen molar-refractivity contribution < 1.29 is 97.1 Å². The van der Waals surface area contributed by atoms with E-state index in [-0.39, 0.29) is 0 Å². The van der Waals surface area contributed by atoms with Crippen molar-refractivity contribution in [3.63, 3.8) is 0 Å². The van der Waals surface area contributed by atoms with Crippen LogP contribution in [0.25, 0.3) is 10.2 Å². The van der Waals surface area contributed by atoms with E-state index in [1.165, 1.54) is 15.8 Å². The molecular formula is C39H14BF20NOS. The Bertz CT molecular complexity index is 2600. The third-order valence-corrected chi connectivity index (χ3v) is 10.8. The minimum atomic E-state index is -7.22. The standard InChI is InChI=1S/C24BF20.C15H14NOS/c26-5-1(6(27)14(35)21(42)13(5)34)25(2-7(28)15(36)22(43)16(37)8(2)29,3-9(30)17(38)23(44)18(39)10(3)31)4-11(32)19(40)24(45)20(41)12(4)33;1-17-15-16(11-12-7-3-2-4-8-12)13-9-5-6-10-14(13)18-15/h;2-10H,11H2,1H3/q-1;+1. The fourth-order valence-corrected chi connectivity index (χ4v) is 7.93. The molecule has 0 saturated heterocycles. The molecule has 7 aromatic rings. The second kappa shape index (κ2) is 17.1. The molecule has 63 heavy (non-hydrogen) atoms. The van der Waals surface area contributed by atoms with Gasteiger partial charge in [0.1, 0.15) is 57.4 Å². The monoisotopic (exact) mass is 935 g/mol. The van der Waals surface area contributed by atoms with E-state index >= 15 is 35.1 Å². The summed E-state index contributed by atoms with van der Waals surface area (Å²) >= 11 is 1.68. The molecular weight excluding hydrogens is 921 g/mol. The summed E-state index contributed by atoms with van der Waals surface area (Å²) in [6.45, 7) is 0.841. The van der Waals surface area contributed by atoms with Crippen molar-refractivity contribution in [2.24, 2.45) is 0 Å². The number of fused-ring (bicyclic) bond motifs is 1. The van der Waals surface area contributed by atoms with E-state index in [1.807, 2.05) is 6.07 Å². The van der Waals surface area contributed by atoms with Gasteiger partial charge in [-0.2, -0.15) is 0 Å². The number of methoxy groups -OCH3 is 1. The van der Waals surface area contributed by atoms with Crippen molar-refractivity contribution >= 4 is 49.6 Å². The summed E-state index contributed by atoms with van der Waals surface area (Å²) in [5.74, 6) is -71.4. The Morgan fingerprint density at radius 1 is 0.381 bits per heavy atom. The van der Waals surface area contributed by atoms with Crippen LogP contribution in [0.4, 0.5) is 87.8 Å². The molecule has 0 unspecified atom stereocenters. The molecule has 1 heterocycles. The van der Waals surface area contributed by atoms with Crippen LogP contribution in [-0.4, -0.2) is 13.3 Å². The van der Waals surface area contributed by atoms with Gasteiger partial charge in [-0.3, -0.25) is 0 Å². The predicted molar refractivity (Wildman–Crippen MR) is 183 cm³/mol. The summed E-state index contributed by atoms with van der Waals surface area (Å²) in [4.78, 5) is 0. The molecule has 6 aromatic carbocycles. The highest BCUT2D eigenvalue weighted by Gasteiger charge is 2.52. The van der Waals surface area contributed by atoms with E-state index in [2.05, 4.69) is 53.1 Å². The molecule has 0 aliphatic heterocycles. The van der Waals surface area contributed by atoms with Crippen LogP contribution in [0.2, 0.25) is 0 Å². The first-order valence-electron chi connectivity index (χ1n) is 16.8. The molecule has 0 bridgehead atoms. The van der Waals surface area contributed by atoms with E-state index in [9.17, 15) is 52.7 Å². The molecule has 0 N–H and O–H groups in total. The third kappa shape index (κ3) is 7.07. The molecule has 0 fully saturated rings. The number of benzene rings is 6. The van der Waals surface area contributed by atoms with E-state index < -0.39 is 144 Å². The molecule has 7 rings (SSSR count). The lowest BCUT2D eigenvalue weighted by Gasteiger charge is -2.44. The zero-order chi connectivity index (χ0) is 46.7. The van der Waals surface area contributed by atoms with E-state index in [1.54, 1.807) is 18.4 Å². The maximum absolute atomic E-state index is 15.4. The number of rotatable bonds is 7. The van der Waals surface area contributed by atoms with Gasteiger partial charge in [0.05, 0.1) is 7.11 Å². The Hall–Kier alpha value is -6.33. The van der Waals surface area contributed by atoms with Crippen LogP contribution >= 0.6 is 11.3 Å². The Kier molecular flexibility index (Phi) is 12.5. The highest BCUT2D eigenvalue weighted by molar-refractivity contribution is 7.20. The van der Waals surface area contributed by atoms with Crippen molar-refractivity contribution in [3.05, 3.63) is 177 Å². The highest BCUT2D eigenvalue weighted by Crippen LogP contribution is 2.31. The summed E-state index contributed by atoms with van der Waals surface area (Å²) in [5, 5.41) is 0.944. The largest absolute Gasteiger partial charge is 0.439 e. The van der Waals surface area contributed by atoms with Gasteiger partial charge in [-0.25, -0.2) is 87.8 Å². The van der Waals surface area contributed by atoms with Crippen LogP contribution in [0, 0.1) is 116 Å². The SMILES string of the molecule is COc1sc2ccccc2[n+]1Cc1ccccc1.Fc1c(F)c(F)c([B-](c2c(F)c(F)c(F)c(F)c2F)(c2c(F)c(F)c(F)c(F)c2F)c2c(F)c(F)c(F)c(F)c2F)c(F)c1F. The smallest absolute Gasteiger partial charge is 0.431 e. The van der Waals surface area contributed by atoms with E-state index in [0.29, 0.717) is 0 Å². The molecule has 0 aliphatic rings. The quantitative estimate of drug-likeness (QED) is 0.0512. The van der Waals surface area contributed by atoms with Gasteiger partial charge < -0.3 is 4.74 Å². The van der Waals surface area contributed by atoms with Crippen LogP contribution in [-0.2, 0) is 6.54 Å². The number of para-hydroxylation sites is 1. The van der Waals surface area contributed by atoms with Gasteiger partial charge in [0.15, 0.2) is 76.4 Å². The summed E-state index contributed by atoms with van der Waals surface area (Å²) < 4.78 is 303. The molecule has 0 aliphatic carbocycles. The summed E-state index contributed by atoms with van der Waals surface area (Å²) in [6, 6.07) is 18.8. The first kappa shape index (κ1) is 46.2. The molecule has 0 spiro atoms. The van der Waals surface area contributed by atoms with Gasteiger partial charge in [-0.1, -0.05) is 42.5 Å². The minimum Gasteiger partial charge on any atom is -0.439 e. The van der Waals surface area contributed by atoms with E-state index in [0.717, 1.165) is 11.7 Å². The summed E-state index contributed by atoms with van der Waals surface area (Å²) in [5.41, 5.74) is -11.8. The zero-order valence-corrected chi connectivity index (χ0v) is 31.1. The number of hydrogen-bond acceptors (Lipinski definition) is 2. The molecule has 24 heteroatoms. The molecule has 0 amide bonds. The van der Waals surface area contributed by atoms with Crippen LogP contribution < -0.4 is 31.2 Å². The van der Waals surface area contributed by atoms with Crippen LogP contribution in [0.1, 0.15) is 5.56 Å². The van der Waals surface area contributed by atoms with Gasteiger partial charge in [-0.15, -0.1) is 26.4 Å². The lowest BCUT2D eigenvalue weighted by molar-refractivity contribution is -0.663. The van der Waals surface area contributed by atoms with Crippen molar-refractivity contribution in [2.45, 2.75) is 6.54 Å². The fraction of sp³-hybridized carbons (Fsp3) is 0.0513. The number of nitrogens with zero attached hydrogens (tertiary/aromatic N) is 1. The van der Waals surface area contributed by atoms with Crippen LogP contribution in [0.15, 0.2) is 54.6 Å². The third-order valence-electron chi connectivity index (χ3n) is 9.64. The van der Waals surface area contributed by atoms with Gasteiger partial charge in [-0.05, 0) is 17.4 Å². The molecule has 330 valence electrons. The molecule has 0 radical (unpaired) electrons. The first-order valence-corrected chi connectivity index (χ1v) is 17.6.